The molecule has 1 aromatic carbocycles. The maximum Gasteiger partial charge on any atom is 0.414 e. The minimum atomic E-state index is -4.81. The van der Waals surface area contributed by atoms with Gasteiger partial charge in [0.2, 0.25) is 0 Å². The summed E-state index contributed by atoms with van der Waals surface area (Å²) >= 11 is 0. The number of halogens is 3. The fraction of sp³-hybridized carbons (Fsp3) is 0.222. The van der Waals surface area contributed by atoms with Gasteiger partial charge in [0.25, 0.3) is 10.0 Å². The number of hydroxylamine groups is 1. The van der Waals surface area contributed by atoms with Gasteiger partial charge in [0.1, 0.15) is 0 Å². The Hall–Kier alpha value is -1.81. The molecule has 0 unspecified atom stereocenters. The number of sulfonamides is 1. The predicted octanol–water partition coefficient (Wildman–Crippen LogP) is 1.25. The molecule has 1 aromatic rings. The summed E-state index contributed by atoms with van der Waals surface area (Å²) in [6.45, 7) is -1.96. The van der Waals surface area contributed by atoms with Gasteiger partial charge in [0.15, 0.2) is 6.61 Å². The maximum absolute atomic E-state index is 12.0. The number of nitrogens with zero attached hydrogens (tertiary/aromatic N) is 1. The van der Waals surface area contributed by atoms with Crippen LogP contribution in [0.4, 0.5) is 18.0 Å². The van der Waals surface area contributed by atoms with Crippen LogP contribution in [0.2, 0.25) is 0 Å². The van der Waals surface area contributed by atoms with Crippen LogP contribution in [0, 0.1) is 0 Å². The zero-order chi connectivity index (χ0) is 14.7. The van der Waals surface area contributed by atoms with Crippen molar-refractivity contribution < 1.29 is 31.2 Å². The molecule has 0 aliphatic heterocycles. The lowest BCUT2D eigenvalue weighted by Gasteiger charge is -2.19. The molecule has 0 fully saturated rings. The smallest absolute Gasteiger partial charge is 0.349 e. The fourth-order valence-corrected chi connectivity index (χ4v) is 2.19. The first kappa shape index (κ1) is 15.2. The highest BCUT2D eigenvalue weighted by atomic mass is 32.2. The van der Waals surface area contributed by atoms with Gasteiger partial charge in [-0.3, -0.25) is 0 Å². The normalized spacial score (nSPS) is 12.2. The maximum atomic E-state index is 12.0. The van der Waals surface area contributed by atoms with E-state index in [-0.39, 0.29) is 0 Å². The van der Waals surface area contributed by atoms with Crippen molar-refractivity contribution in [1.82, 2.24) is 4.47 Å². The SMILES string of the molecule is NC(=O)N(OCC(F)(F)F)S(=O)(=O)c1ccccc1. The molecule has 0 aromatic heterocycles. The van der Waals surface area contributed by atoms with Gasteiger partial charge in [-0.2, -0.15) is 21.6 Å². The topological polar surface area (TPSA) is 89.7 Å². The molecule has 10 heteroatoms. The molecular formula is C9H9F3N2O4S. The first-order valence-electron chi connectivity index (χ1n) is 4.74. The summed E-state index contributed by atoms with van der Waals surface area (Å²) in [5.74, 6) is 0. The zero-order valence-electron chi connectivity index (χ0n) is 9.29. The van der Waals surface area contributed by atoms with Gasteiger partial charge in [-0.05, 0) is 12.1 Å². The van der Waals surface area contributed by atoms with Crippen LogP contribution in [0.5, 0.6) is 0 Å². The molecule has 106 valence electrons. The number of hydrogen-bond donors (Lipinski definition) is 1. The quantitative estimate of drug-likeness (QED) is 0.847. The van der Waals surface area contributed by atoms with Crippen molar-refractivity contribution in [2.75, 3.05) is 6.61 Å². The molecule has 0 aliphatic rings. The first-order valence-corrected chi connectivity index (χ1v) is 6.18. The van der Waals surface area contributed by atoms with Gasteiger partial charge in [-0.15, -0.1) is 0 Å². The summed E-state index contributed by atoms with van der Waals surface area (Å²) in [4.78, 5) is 14.4. The van der Waals surface area contributed by atoms with Crippen LogP contribution in [0.1, 0.15) is 0 Å². The molecule has 1 rings (SSSR count). The Kier molecular flexibility index (Phi) is 4.37. The lowest BCUT2D eigenvalue weighted by molar-refractivity contribution is -0.209. The number of carbonyl (C=O) groups excluding carboxylic acids is 1. The molecule has 6 nitrogen and oxygen atoms in total. The molecule has 0 saturated heterocycles. The van der Waals surface area contributed by atoms with E-state index in [0.29, 0.717) is 0 Å². The molecule has 0 atom stereocenters. The summed E-state index contributed by atoms with van der Waals surface area (Å²) in [7, 11) is -4.59. The van der Waals surface area contributed by atoms with Crippen molar-refractivity contribution in [3.63, 3.8) is 0 Å². The van der Waals surface area contributed by atoms with Crippen LogP contribution in [0.3, 0.4) is 0 Å². The highest BCUT2D eigenvalue weighted by Crippen LogP contribution is 2.19. The van der Waals surface area contributed by atoms with Gasteiger partial charge in [0, 0.05) is 0 Å². The van der Waals surface area contributed by atoms with Crippen LogP contribution >= 0.6 is 0 Å². The Morgan fingerprint density at radius 1 is 1.26 bits per heavy atom. The Labute approximate surface area is 106 Å². The molecule has 0 heterocycles. The van der Waals surface area contributed by atoms with E-state index in [1.807, 2.05) is 0 Å². The summed E-state index contributed by atoms with van der Waals surface area (Å²) in [6.07, 6.45) is -4.81. The number of rotatable bonds is 4. The molecule has 19 heavy (non-hydrogen) atoms. The Bertz CT molecular complexity index is 544. The van der Waals surface area contributed by atoms with Crippen molar-refractivity contribution in [2.45, 2.75) is 11.1 Å². The summed E-state index contributed by atoms with van der Waals surface area (Å²) in [6, 6.07) is 4.65. The van der Waals surface area contributed by atoms with Gasteiger partial charge in [-0.25, -0.2) is 9.63 Å². The molecular weight excluding hydrogens is 289 g/mol. The van der Waals surface area contributed by atoms with E-state index in [1.54, 1.807) is 0 Å². The van der Waals surface area contributed by atoms with Crippen molar-refractivity contribution in [3.8, 4) is 0 Å². The Morgan fingerprint density at radius 2 is 1.79 bits per heavy atom. The van der Waals surface area contributed by atoms with Crippen molar-refractivity contribution in [2.24, 2.45) is 5.73 Å². The molecule has 0 saturated carbocycles. The van der Waals surface area contributed by atoms with Gasteiger partial charge in [-0.1, -0.05) is 22.7 Å². The van der Waals surface area contributed by atoms with Crippen LogP contribution in [-0.4, -0.2) is 31.7 Å². The summed E-state index contributed by atoms with van der Waals surface area (Å²) < 4.78 is 59.1. The predicted molar refractivity (Wildman–Crippen MR) is 57.1 cm³/mol. The monoisotopic (exact) mass is 298 g/mol. The van der Waals surface area contributed by atoms with Crippen LogP contribution in [0.15, 0.2) is 35.2 Å². The number of primary amides is 1. The average Bonchev–Trinajstić information content (AvgIpc) is 2.28. The third-order valence-corrected chi connectivity index (χ3v) is 3.37. The first-order chi connectivity index (χ1) is 8.64. The molecule has 0 radical (unpaired) electrons. The second kappa shape index (κ2) is 5.45. The molecule has 0 aliphatic carbocycles. The summed E-state index contributed by atoms with van der Waals surface area (Å²) in [5.41, 5.74) is 4.70. The second-order valence-electron chi connectivity index (χ2n) is 3.27. The lowest BCUT2D eigenvalue weighted by Crippen LogP contribution is -2.42. The number of benzene rings is 1. The van der Waals surface area contributed by atoms with Crippen LogP contribution in [0.25, 0.3) is 0 Å². The minimum absolute atomic E-state index is 0.420. The zero-order valence-corrected chi connectivity index (χ0v) is 10.1. The number of hydrogen-bond acceptors (Lipinski definition) is 4. The van der Waals surface area contributed by atoms with Crippen molar-refractivity contribution in [1.29, 1.82) is 0 Å². The highest BCUT2D eigenvalue weighted by Gasteiger charge is 2.35. The Morgan fingerprint density at radius 3 is 2.21 bits per heavy atom. The molecule has 0 bridgehead atoms. The van der Waals surface area contributed by atoms with Gasteiger partial charge < -0.3 is 5.73 Å². The molecule has 2 N–H and O–H groups in total. The largest absolute Gasteiger partial charge is 0.414 e. The third-order valence-electron chi connectivity index (χ3n) is 1.78. The number of urea groups is 1. The highest BCUT2D eigenvalue weighted by molar-refractivity contribution is 7.89. The lowest BCUT2D eigenvalue weighted by atomic mass is 10.4. The second-order valence-corrected chi connectivity index (χ2v) is 5.03. The molecule has 2 amide bonds. The third kappa shape index (κ3) is 4.10. The van der Waals surface area contributed by atoms with Gasteiger partial charge >= 0.3 is 12.2 Å². The van der Waals surface area contributed by atoms with E-state index < -0.39 is 38.2 Å². The molecule has 0 spiro atoms. The van der Waals surface area contributed by atoms with E-state index in [9.17, 15) is 26.4 Å². The van der Waals surface area contributed by atoms with E-state index >= 15 is 0 Å². The fourth-order valence-electron chi connectivity index (χ4n) is 1.07. The Balaban J connectivity index is 3.03. The number of amides is 2. The van der Waals surface area contributed by atoms with Gasteiger partial charge in [0.05, 0.1) is 4.90 Å². The van der Waals surface area contributed by atoms with Crippen LogP contribution in [-0.2, 0) is 14.9 Å². The van der Waals surface area contributed by atoms with Crippen LogP contribution < -0.4 is 5.73 Å². The van der Waals surface area contributed by atoms with Crippen molar-refractivity contribution >= 4 is 16.1 Å². The number of carbonyl (C=O) groups is 1. The summed E-state index contributed by atoms with van der Waals surface area (Å²) in [5, 5.41) is 0. The van der Waals surface area contributed by atoms with E-state index in [0.717, 1.165) is 12.1 Å². The number of alkyl halides is 3. The van der Waals surface area contributed by atoms with E-state index in [1.165, 1.54) is 18.2 Å². The standard InChI is InChI=1S/C9H9F3N2O4S/c10-9(11,12)6-18-14(8(13)15)19(16,17)7-4-2-1-3-5-7/h1-5H,6H2,(H2,13,15). The van der Waals surface area contributed by atoms with E-state index in [4.69, 9.17) is 5.73 Å². The van der Waals surface area contributed by atoms with Crippen molar-refractivity contribution in [3.05, 3.63) is 30.3 Å². The number of nitrogens with two attached hydrogens (primary N) is 1. The minimum Gasteiger partial charge on any atom is -0.349 e. The average molecular weight is 298 g/mol. The van der Waals surface area contributed by atoms with E-state index in [2.05, 4.69) is 4.84 Å².